The molecule has 0 saturated carbocycles. The van der Waals surface area contributed by atoms with E-state index in [9.17, 15) is 0 Å². The SMILES string of the molecule is CC(C)C1CN(Cc2ccc(Cl)cc2Cl)CCN1. The van der Waals surface area contributed by atoms with E-state index in [0.717, 1.165) is 36.8 Å². The van der Waals surface area contributed by atoms with E-state index in [0.29, 0.717) is 17.0 Å². The molecule has 0 aliphatic carbocycles. The van der Waals surface area contributed by atoms with E-state index < -0.39 is 0 Å². The number of hydrogen-bond donors (Lipinski definition) is 1. The van der Waals surface area contributed by atoms with Gasteiger partial charge in [-0.15, -0.1) is 0 Å². The van der Waals surface area contributed by atoms with Crippen molar-refractivity contribution in [3.63, 3.8) is 0 Å². The van der Waals surface area contributed by atoms with Crippen molar-refractivity contribution in [3.8, 4) is 0 Å². The van der Waals surface area contributed by atoms with E-state index in [2.05, 4.69) is 24.1 Å². The molecular weight excluding hydrogens is 267 g/mol. The van der Waals surface area contributed by atoms with E-state index in [-0.39, 0.29) is 0 Å². The molecule has 2 nitrogen and oxygen atoms in total. The molecule has 1 N–H and O–H groups in total. The highest BCUT2D eigenvalue weighted by molar-refractivity contribution is 6.35. The first kappa shape index (κ1) is 14.1. The second-order valence-corrected chi connectivity index (χ2v) is 6.12. The van der Waals surface area contributed by atoms with Gasteiger partial charge in [0.2, 0.25) is 0 Å². The summed E-state index contributed by atoms with van der Waals surface area (Å²) in [5, 5.41) is 5.03. The number of halogens is 2. The number of piperazine rings is 1. The number of benzene rings is 1. The van der Waals surface area contributed by atoms with Crippen LogP contribution in [0.2, 0.25) is 10.0 Å². The van der Waals surface area contributed by atoms with E-state index >= 15 is 0 Å². The van der Waals surface area contributed by atoms with Crippen molar-refractivity contribution in [3.05, 3.63) is 33.8 Å². The molecule has 18 heavy (non-hydrogen) atoms. The molecule has 1 atom stereocenters. The van der Waals surface area contributed by atoms with Gasteiger partial charge in [-0.05, 0) is 23.6 Å². The van der Waals surface area contributed by atoms with Crippen LogP contribution < -0.4 is 5.32 Å². The fourth-order valence-electron chi connectivity index (χ4n) is 2.32. The minimum absolute atomic E-state index is 0.574. The van der Waals surface area contributed by atoms with Gasteiger partial charge in [-0.1, -0.05) is 43.1 Å². The molecule has 0 radical (unpaired) electrons. The van der Waals surface area contributed by atoms with E-state index in [1.807, 2.05) is 18.2 Å². The average molecular weight is 287 g/mol. The molecule has 0 bridgehead atoms. The summed E-state index contributed by atoms with van der Waals surface area (Å²) in [5.41, 5.74) is 1.16. The van der Waals surface area contributed by atoms with Crippen molar-refractivity contribution < 1.29 is 0 Å². The highest BCUT2D eigenvalue weighted by atomic mass is 35.5. The lowest BCUT2D eigenvalue weighted by molar-refractivity contribution is 0.168. The first-order valence-corrected chi connectivity index (χ1v) is 7.21. The molecule has 0 amide bonds. The van der Waals surface area contributed by atoms with Gasteiger partial charge in [0.15, 0.2) is 0 Å². The van der Waals surface area contributed by atoms with Gasteiger partial charge in [0.25, 0.3) is 0 Å². The van der Waals surface area contributed by atoms with Gasteiger partial charge >= 0.3 is 0 Å². The fourth-order valence-corrected chi connectivity index (χ4v) is 2.79. The van der Waals surface area contributed by atoms with Crippen LogP contribution in [0.15, 0.2) is 18.2 Å². The molecule has 100 valence electrons. The Morgan fingerprint density at radius 2 is 2.17 bits per heavy atom. The summed E-state index contributed by atoms with van der Waals surface area (Å²) in [5.74, 6) is 0.661. The summed E-state index contributed by atoms with van der Waals surface area (Å²) in [6, 6.07) is 6.33. The van der Waals surface area contributed by atoms with Gasteiger partial charge in [0.1, 0.15) is 0 Å². The molecule has 2 rings (SSSR count). The highest BCUT2D eigenvalue weighted by Crippen LogP contribution is 2.23. The number of nitrogens with one attached hydrogen (secondary N) is 1. The van der Waals surface area contributed by atoms with Crippen molar-refractivity contribution in [2.24, 2.45) is 5.92 Å². The Balaban J connectivity index is 2.00. The van der Waals surface area contributed by atoms with Crippen LogP contribution in [-0.2, 0) is 6.54 Å². The van der Waals surface area contributed by atoms with Crippen molar-refractivity contribution in [1.29, 1.82) is 0 Å². The third kappa shape index (κ3) is 3.61. The Morgan fingerprint density at radius 1 is 1.39 bits per heavy atom. The average Bonchev–Trinajstić information content (AvgIpc) is 2.33. The van der Waals surface area contributed by atoms with Gasteiger partial charge < -0.3 is 5.32 Å². The van der Waals surface area contributed by atoms with Gasteiger partial charge in [-0.25, -0.2) is 0 Å². The molecule has 0 spiro atoms. The molecule has 4 heteroatoms. The number of nitrogens with zero attached hydrogens (tertiary/aromatic N) is 1. The van der Waals surface area contributed by atoms with Crippen LogP contribution in [0.25, 0.3) is 0 Å². The fraction of sp³-hybridized carbons (Fsp3) is 0.571. The lowest BCUT2D eigenvalue weighted by atomic mass is 10.0. The Bertz CT molecular complexity index is 407. The van der Waals surface area contributed by atoms with Gasteiger partial charge in [-0.2, -0.15) is 0 Å². The van der Waals surface area contributed by atoms with Crippen molar-refractivity contribution >= 4 is 23.2 Å². The quantitative estimate of drug-likeness (QED) is 0.916. The largest absolute Gasteiger partial charge is 0.311 e. The van der Waals surface area contributed by atoms with E-state index in [1.165, 1.54) is 0 Å². The summed E-state index contributed by atoms with van der Waals surface area (Å²) in [6.07, 6.45) is 0. The zero-order valence-electron chi connectivity index (χ0n) is 10.9. The number of rotatable bonds is 3. The van der Waals surface area contributed by atoms with E-state index in [4.69, 9.17) is 23.2 Å². The predicted molar refractivity (Wildman–Crippen MR) is 78.4 cm³/mol. The zero-order chi connectivity index (χ0) is 13.1. The van der Waals surface area contributed by atoms with Crippen LogP contribution in [0, 0.1) is 5.92 Å². The van der Waals surface area contributed by atoms with Crippen LogP contribution in [0.3, 0.4) is 0 Å². The summed E-state index contributed by atoms with van der Waals surface area (Å²) in [4.78, 5) is 2.45. The molecule has 1 aliphatic rings. The summed E-state index contributed by atoms with van der Waals surface area (Å²) in [7, 11) is 0. The minimum atomic E-state index is 0.574. The van der Waals surface area contributed by atoms with Crippen LogP contribution in [0.1, 0.15) is 19.4 Å². The molecule has 1 saturated heterocycles. The smallest absolute Gasteiger partial charge is 0.0465 e. The third-order valence-electron chi connectivity index (χ3n) is 3.50. The second-order valence-electron chi connectivity index (χ2n) is 5.28. The highest BCUT2D eigenvalue weighted by Gasteiger charge is 2.22. The molecular formula is C14H20Cl2N2. The predicted octanol–water partition coefficient (Wildman–Crippen LogP) is 3.42. The molecule has 1 aromatic carbocycles. The molecule has 1 aromatic rings. The molecule has 0 aromatic heterocycles. The maximum atomic E-state index is 6.22. The van der Waals surface area contributed by atoms with Gasteiger partial charge in [0, 0.05) is 42.3 Å². The van der Waals surface area contributed by atoms with Crippen LogP contribution in [0.5, 0.6) is 0 Å². The van der Waals surface area contributed by atoms with Crippen LogP contribution in [0.4, 0.5) is 0 Å². The molecule has 1 heterocycles. The Labute approximate surface area is 119 Å². The number of hydrogen-bond acceptors (Lipinski definition) is 2. The molecule has 1 fully saturated rings. The standard InChI is InChI=1S/C14H20Cl2N2/c1-10(2)14-9-18(6-5-17-14)8-11-3-4-12(15)7-13(11)16/h3-4,7,10,14,17H,5-6,8-9H2,1-2H3. The van der Waals surface area contributed by atoms with Crippen molar-refractivity contribution in [2.45, 2.75) is 26.4 Å². The summed E-state index contributed by atoms with van der Waals surface area (Å²) in [6.45, 7) is 8.63. The minimum Gasteiger partial charge on any atom is -0.311 e. The third-order valence-corrected chi connectivity index (χ3v) is 4.09. The normalized spacial score (nSPS) is 21.5. The van der Waals surface area contributed by atoms with Crippen LogP contribution in [-0.4, -0.2) is 30.6 Å². The van der Waals surface area contributed by atoms with Crippen molar-refractivity contribution in [1.82, 2.24) is 10.2 Å². The summed E-state index contributed by atoms with van der Waals surface area (Å²) >= 11 is 12.1. The second kappa shape index (κ2) is 6.25. The zero-order valence-corrected chi connectivity index (χ0v) is 12.4. The molecule has 1 aliphatic heterocycles. The first-order chi connectivity index (χ1) is 8.56. The van der Waals surface area contributed by atoms with Crippen LogP contribution >= 0.6 is 23.2 Å². The molecule has 1 unspecified atom stereocenters. The monoisotopic (exact) mass is 286 g/mol. The maximum absolute atomic E-state index is 6.22. The van der Waals surface area contributed by atoms with Gasteiger partial charge in [0.05, 0.1) is 0 Å². The Kier molecular flexibility index (Phi) is 4.91. The summed E-state index contributed by atoms with van der Waals surface area (Å²) < 4.78 is 0. The lowest BCUT2D eigenvalue weighted by Gasteiger charge is -2.35. The Morgan fingerprint density at radius 3 is 2.83 bits per heavy atom. The van der Waals surface area contributed by atoms with Gasteiger partial charge in [-0.3, -0.25) is 4.90 Å². The van der Waals surface area contributed by atoms with Crippen molar-refractivity contribution in [2.75, 3.05) is 19.6 Å². The maximum Gasteiger partial charge on any atom is 0.0465 e. The lowest BCUT2D eigenvalue weighted by Crippen LogP contribution is -2.52. The first-order valence-electron chi connectivity index (χ1n) is 6.46. The topological polar surface area (TPSA) is 15.3 Å². The Hall–Kier alpha value is -0.280. The van der Waals surface area contributed by atoms with E-state index in [1.54, 1.807) is 0 Å².